The Bertz CT molecular complexity index is 1190. The first kappa shape index (κ1) is 22.3. The molecule has 5 heteroatoms. The molecule has 4 rings (SSSR count). The van der Waals surface area contributed by atoms with Crippen LogP contribution in [0.2, 0.25) is 5.02 Å². The third kappa shape index (κ3) is 5.45. The average molecular weight is 452 g/mol. The van der Waals surface area contributed by atoms with Gasteiger partial charge in [0.2, 0.25) is 0 Å². The molecule has 164 valence electrons. The van der Waals surface area contributed by atoms with Crippen molar-refractivity contribution >= 4 is 22.4 Å². The van der Waals surface area contributed by atoms with Gasteiger partial charge in [-0.3, -0.25) is 0 Å². The second kappa shape index (κ2) is 10.1. The molecule has 2 nitrogen and oxygen atoms in total. The van der Waals surface area contributed by atoms with E-state index >= 15 is 0 Å². The third-order valence-corrected chi connectivity index (χ3v) is 5.76. The van der Waals surface area contributed by atoms with Gasteiger partial charge < -0.3 is 10.1 Å². The Morgan fingerprint density at radius 1 is 0.906 bits per heavy atom. The number of fused-ring (bicyclic) bond motifs is 1. The molecule has 4 aromatic carbocycles. The number of hydrogen-bond donors (Lipinski definition) is 1. The van der Waals surface area contributed by atoms with E-state index in [4.69, 9.17) is 11.6 Å². The topological polar surface area (TPSA) is 21.3 Å². The van der Waals surface area contributed by atoms with Crippen LogP contribution in [0.1, 0.15) is 24.1 Å². The fraction of sp³-hybridized carbons (Fsp3) is 0.185. The number of hydrogen-bond acceptors (Lipinski definition) is 2. The molecule has 0 amide bonds. The maximum atomic E-state index is 12.5. The van der Waals surface area contributed by atoms with Crippen LogP contribution in [0.25, 0.3) is 21.9 Å². The number of rotatable bonds is 8. The van der Waals surface area contributed by atoms with Crippen molar-refractivity contribution in [2.75, 3.05) is 6.54 Å². The Kier molecular flexibility index (Phi) is 7.03. The summed E-state index contributed by atoms with van der Waals surface area (Å²) in [4.78, 5) is 0. The highest BCUT2D eigenvalue weighted by atomic mass is 35.5. The van der Waals surface area contributed by atoms with Gasteiger partial charge in [0, 0.05) is 11.1 Å². The molecule has 0 fully saturated rings. The largest absolute Gasteiger partial charge is 0.435 e. The van der Waals surface area contributed by atoms with Gasteiger partial charge in [0.05, 0.1) is 0 Å². The summed E-state index contributed by atoms with van der Waals surface area (Å²) < 4.78 is 29.4. The van der Waals surface area contributed by atoms with Gasteiger partial charge in [0.1, 0.15) is 5.75 Å². The minimum Gasteiger partial charge on any atom is -0.435 e. The van der Waals surface area contributed by atoms with E-state index in [1.165, 1.54) is 5.56 Å². The van der Waals surface area contributed by atoms with Gasteiger partial charge in [-0.1, -0.05) is 72.3 Å². The van der Waals surface area contributed by atoms with Crippen molar-refractivity contribution in [2.24, 2.45) is 0 Å². The summed E-state index contributed by atoms with van der Waals surface area (Å²) in [6.45, 7) is 0.111. The monoisotopic (exact) mass is 451 g/mol. The normalized spacial score (nSPS) is 12.3. The van der Waals surface area contributed by atoms with E-state index in [0.29, 0.717) is 0 Å². The Hall–Kier alpha value is -2.95. The molecule has 4 aromatic rings. The fourth-order valence-electron chi connectivity index (χ4n) is 3.90. The summed E-state index contributed by atoms with van der Waals surface area (Å²) in [5.74, 6) is 0.156. The first-order valence-corrected chi connectivity index (χ1v) is 10.9. The quantitative estimate of drug-likeness (QED) is 0.297. The summed E-state index contributed by atoms with van der Waals surface area (Å²) in [6, 6.07) is 27.5. The van der Waals surface area contributed by atoms with Crippen molar-refractivity contribution < 1.29 is 13.5 Å². The van der Waals surface area contributed by atoms with Crippen LogP contribution in [0.15, 0.2) is 84.9 Å². The van der Waals surface area contributed by atoms with Crippen LogP contribution in [0, 0.1) is 0 Å². The predicted octanol–water partition coefficient (Wildman–Crippen LogP) is 7.65. The number of halogens is 3. The molecule has 1 atom stereocenters. The van der Waals surface area contributed by atoms with E-state index in [1.807, 2.05) is 42.5 Å². The molecule has 0 aliphatic heterocycles. The molecule has 0 aliphatic carbocycles. The van der Waals surface area contributed by atoms with Crippen LogP contribution < -0.4 is 10.1 Å². The molecule has 0 radical (unpaired) electrons. The lowest BCUT2D eigenvalue weighted by Crippen LogP contribution is -2.21. The Balaban J connectivity index is 1.54. The van der Waals surface area contributed by atoms with E-state index in [0.717, 1.165) is 45.5 Å². The molecule has 0 heterocycles. The average Bonchev–Trinajstić information content (AvgIpc) is 2.78. The fourth-order valence-corrected chi connectivity index (χ4v) is 4.10. The summed E-state index contributed by atoms with van der Waals surface area (Å²) >= 11 is 6.11. The van der Waals surface area contributed by atoms with Crippen molar-refractivity contribution in [3.63, 3.8) is 0 Å². The summed E-state index contributed by atoms with van der Waals surface area (Å²) in [5.41, 5.74) is 4.40. The van der Waals surface area contributed by atoms with Gasteiger partial charge in [0.15, 0.2) is 0 Å². The van der Waals surface area contributed by atoms with E-state index in [9.17, 15) is 8.78 Å². The Morgan fingerprint density at radius 2 is 1.69 bits per heavy atom. The molecule has 0 aliphatic rings. The van der Waals surface area contributed by atoms with E-state index in [-0.39, 0.29) is 11.8 Å². The first-order valence-electron chi connectivity index (χ1n) is 10.6. The number of benzene rings is 4. The zero-order valence-electron chi connectivity index (χ0n) is 17.7. The van der Waals surface area contributed by atoms with E-state index < -0.39 is 6.61 Å². The number of alkyl halides is 2. The smallest absolute Gasteiger partial charge is 0.387 e. The second-order valence-electron chi connectivity index (χ2n) is 7.75. The molecule has 0 saturated carbocycles. The minimum atomic E-state index is -2.83. The Labute approximate surface area is 191 Å². The van der Waals surface area contributed by atoms with Crippen LogP contribution >= 0.6 is 11.6 Å². The van der Waals surface area contributed by atoms with Gasteiger partial charge in [-0.05, 0) is 77.2 Å². The van der Waals surface area contributed by atoms with Gasteiger partial charge in [-0.2, -0.15) is 8.78 Å². The molecule has 0 spiro atoms. The molecule has 1 unspecified atom stereocenters. The summed E-state index contributed by atoms with van der Waals surface area (Å²) in [7, 11) is 0. The van der Waals surface area contributed by atoms with Gasteiger partial charge in [0.25, 0.3) is 0 Å². The highest BCUT2D eigenvalue weighted by Gasteiger charge is 2.10. The van der Waals surface area contributed by atoms with Crippen molar-refractivity contribution in [2.45, 2.75) is 26.0 Å². The lowest BCUT2D eigenvalue weighted by atomic mass is 9.94. The van der Waals surface area contributed by atoms with Crippen LogP contribution in [0.5, 0.6) is 5.75 Å². The Morgan fingerprint density at radius 3 is 2.44 bits per heavy atom. The molecular formula is C27H24ClF2NO. The van der Waals surface area contributed by atoms with Crippen molar-refractivity contribution in [1.82, 2.24) is 5.32 Å². The zero-order chi connectivity index (χ0) is 22.5. The molecule has 1 N–H and O–H groups in total. The SMILES string of the molecule is CC(NCCc1cc(-c2ccc(OC(F)F)cc2)c2ccccc2c1)c1cccc(Cl)c1. The van der Waals surface area contributed by atoms with Gasteiger partial charge in [-0.15, -0.1) is 0 Å². The minimum absolute atomic E-state index is 0.156. The van der Waals surface area contributed by atoms with Gasteiger partial charge in [-0.25, -0.2) is 0 Å². The molecule has 0 bridgehead atoms. The second-order valence-corrected chi connectivity index (χ2v) is 8.18. The summed E-state index contributed by atoms with van der Waals surface area (Å²) in [5, 5.41) is 6.57. The van der Waals surface area contributed by atoms with Crippen LogP contribution in [0.4, 0.5) is 8.78 Å². The first-order chi connectivity index (χ1) is 15.5. The van der Waals surface area contributed by atoms with Crippen molar-refractivity contribution in [3.8, 4) is 16.9 Å². The van der Waals surface area contributed by atoms with Crippen molar-refractivity contribution in [3.05, 3.63) is 101 Å². The van der Waals surface area contributed by atoms with Crippen molar-refractivity contribution in [1.29, 1.82) is 0 Å². The standard InChI is InChI=1S/C27H24ClF2NO/c1-18(21-6-4-7-23(28)17-21)31-14-13-19-15-22-5-2-3-8-25(22)26(16-19)20-9-11-24(12-10-20)32-27(29)30/h2-12,15-18,27,31H,13-14H2,1H3. The highest BCUT2D eigenvalue weighted by molar-refractivity contribution is 6.30. The maximum Gasteiger partial charge on any atom is 0.387 e. The predicted molar refractivity (Wildman–Crippen MR) is 128 cm³/mol. The van der Waals surface area contributed by atoms with E-state index in [2.05, 4.69) is 47.3 Å². The lowest BCUT2D eigenvalue weighted by molar-refractivity contribution is -0.0498. The number of ether oxygens (including phenoxy) is 1. The van der Waals surface area contributed by atoms with Gasteiger partial charge >= 0.3 is 6.61 Å². The van der Waals surface area contributed by atoms with Crippen LogP contribution in [-0.2, 0) is 6.42 Å². The maximum absolute atomic E-state index is 12.5. The highest BCUT2D eigenvalue weighted by Crippen LogP contribution is 2.32. The molecule has 0 aromatic heterocycles. The lowest BCUT2D eigenvalue weighted by Gasteiger charge is -2.16. The third-order valence-electron chi connectivity index (χ3n) is 5.52. The zero-order valence-corrected chi connectivity index (χ0v) is 18.4. The molecule has 32 heavy (non-hydrogen) atoms. The summed E-state index contributed by atoms with van der Waals surface area (Å²) in [6.07, 6.45) is 0.856. The molecule has 0 saturated heterocycles. The van der Waals surface area contributed by atoms with E-state index in [1.54, 1.807) is 12.1 Å². The van der Waals surface area contributed by atoms with Crippen LogP contribution in [0.3, 0.4) is 0 Å². The van der Waals surface area contributed by atoms with Crippen LogP contribution in [-0.4, -0.2) is 13.2 Å². The molecular weight excluding hydrogens is 428 g/mol. The number of nitrogens with one attached hydrogen (secondary N) is 1.